The molecule has 1 aliphatic heterocycles. The van der Waals surface area contributed by atoms with Gasteiger partial charge in [-0.05, 0) is 81.6 Å². The van der Waals surface area contributed by atoms with E-state index in [2.05, 4.69) is 22.3 Å². The lowest BCUT2D eigenvalue weighted by Gasteiger charge is -2.31. The molecular weight excluding hydrogens is 381 g/mol. The van der Waals surface area contributed by atoms with Gasteiger partial charge >= 0.3 is 0 Å². The topological polar surface area (TPSA) is 54.5 Å². The molecular formula is C24H32FN3O2. The molecule has 162 valence electrons. The van der Waals surface area contributed by atoms with Gasteiger partial charge in [0, 0.05) is 30.5 Å². The minimum Gasteiger partial charge on any atom is -0.383 e. The Morgan fingerprint density at radius 1 is 1.23 bits per heavy atom. The lowest BCUT2D eigenvalue weighted by Crippen LogP contribution is -2.44. The van der Waals surface area contributed by atoms with Crippen molar-refractivity contribution in [2.24, 2.45) is 0 Å². The maximum Gasteiger partial charge on any atom is 0.234 e. The molecule has 5 nitrogen and oxygen atoms in total. The highest BCUT2D eigenvalue weighted by molar-refractivity contribution is 5.78. The van der Waals surface area contributed by atoms with E-state index in [9.17, 15) is 9.18 Å². The third-order valence-corrected chi connectivity index (χ3v) is 5.55. The Morgan fingerprint density at radius 3 is 2.60 bits per heavy atom. The molecule has 1 N–H and O–H groups in total. The second kappa shape index (κ2) is 10.6. The third-order valence-electron chi connectivity index (χ3n) is 5.55. The molecule has 0 radical (unpaired) electrons. The molecule has 1 fully saturated rings. The van der Waals surface area contributed by atoms with Crippen LogP contribution in [-0.4, -0.2) is 55.2 Å². The van der Waals surface area contributed by atoms with Gasteiger partial charge in [-0.1, -0.05) is 12.1 Å². The number of carbonyl (C=O) groups excluding carboxylic acids is 1. The van der Waals surface area contributed by atoms with Crippen LogP contribution in [0.2, 0.25) is 0 Å². The first-order valence-corrected chi connectivity index (χ1v) is 10.7. The predicted molar refractivity (Wildman–Crippen MR) is 116 cm³/mol. The smallest absolute Gasteiger partial charge is 0.234 e. The molecule has 0 unspecified atom stereocenters. The van der Waals surface area contributed by atoms with Crippen molar-refractivity contribution < 1.29 is 13.9 Å². The lowest BCUT2D eigenvalue weighted by atomic mass is 9.91. The fraction of sp³-hybridized carbons (Fsp3) is 0.500. The van der Waals surface area contributed by atoms with E-state index in [-0.39, 0.29) is 17.8 Å². The van der Waals surface area contributed by atoms with E-state index in [4.69, 9.17) is 9.72 Å². The van der Waals surface area contributed by atoms with Gasteiger partial charge in [-0.15, -0.1) is 0 Å². The standard InChI is InChI=1S/C24H32FN3O2/c1-17-12-20(13-19-4-6-22(25)7-5-19)14-23(26-17)21-8-10-28(11-9-21)15-24(29)27-18(2)16-30-3/h4-7,12,14,18,21H,8-11,13,15-16H2,1-3H3,(H,27,29)/t18-/m1/s1. The van der Waals surface area contributed by atoms with Gasteiger partial charge in [-0.25, -0.2) is 4.39 Å². The summed E-state index contributed by atoms with van der Waals surface area (Å²) in [5.41, 5.74) is 4.44. The van der Waals surface area contributed by atoms with Crippen LogP contribution in [-0.2, 0) is 16.0 Å². The Labute approximate surface area is 178 Å². The Bertz CT molecular complexity index is 833. The zero-order chi connectivity index (χ0) is 21.5. The van der Waals surface area contributed by atoms with Crippen LogP contribution in [0, 0.1) is 12.7 Å². The first-order chi connectivity index (χ1) is 14.4. The minimum absolute atomic E-state index is 0.0241. The number of aryl methyl sites for hydroxylation is 1. The number of likely N-dealkylation sites (tertiary alicyclic amines) is 1. The maximum absolute atomic E-state index is 13.2. The zero-order valence-electron chi connectivity index (χ0n) is 18.2. The van der Waals surface area contributed by atoms with Gasteiger partial charge in [0.1, 0.15) is 5.82 Å². The SMILES string of the molecule is COC[C@@H](C)NC(=O)CN1CCC(c2cc(Cc3ccc(F)cc3)cc(C)n2)CC1. The van der Waals surface area contributed by atoms with E-state index >= 15 is 0 Å². The fourth-order valence-corrected chi connectivity index (χ4v) is 4.12. The molecule has 1 aromatic carbocycles. The average molecular weight is 414 g/mol. The van der Waals surface area contributed by atoms with E-state index in [0.717, 1.165) is 49.3 Å². The number of amides is 1. The first kappa shape index (κ1) is 22.4. The Hall–Kier alpha value is -2.31. The van der Waals surface area contributed by atoms with Gasteiger partial charge < -0.3 is 10.1 Å². The third kappa shape index (κ3) is 6.61. The Balaban J connectivity index is 1.55. The van der Waals surface area contributed by atoms with Crippen LogP contribution in [0.1, 0.15) is 48.2 Å². The highest BCUT2D eigenvalue weighted by Gasteiger charge is 2.23. The van der Waals surface area contributed by atoms with Crippen molar-refractivity contribution in [3.05, 3.63) is 64.7 Å². The number of benzene rings is 1. The van der Waals surface area contributed by atoms with Crippen LogP contribution in [0.5, 0.6) is 0 Å². The number of methoxy groups -OCH3 is 1. The van der Waals surface area contributed by atoms with Gasteiger partial charge in [0.2, 0.25) is 5.91 Å². The predicted octanol–water partition coefficient (Wildman–Crippen LogP) is 3.45. The molecule has 6 heteroatoms. The number of nitrogens with one attached hydrogen (secondary N) is 1. The normalized spacial score (nSPS) is 16.4. The summed E-state index contributed by atoms with van der Waals surface area (Å²) in [4.78, 5) is 19.2. The molecule has 2 heterocycles. The summed E-state index contributed by atoms with van der Waals surface area (Å²) in [5.74, 6) is 0.246. The number of halogens is 1. The summed E-state index contributed by atoms with van der Waals surface area (Å²) < 4.78 is 18.2. The summed E-state index contributed by atoms with van der Waals surface area (Å²) in [6, 6.07) is 11.0. The fourth-order valence-electron chi connectivity index (χ4n) is 4.12. The van der Waals surface area contributed by atoms with Crippen molar-refractivity contribution in [2.75, 3.05) is 33.4 Å². The largest absolute Gasteiger partial charge is 0.383 e. The van der Waals surface area contributed by atoms with Crippen molar-refractivity contribution in [1.82, 2.24) is 15.2 Å². The number of pyridine rings is 1. The summed E-state index contributed by atoms with van der Waals surface area (Å²) in [6.45, 7) is 6.70. The molecule has 1 amide bonds. The van der Waals surface area contributed by atoms with Crippen LogP contribution in [0.25, 0.3) is 0 Å². The van der Waals surface area contributed by atoms with Gasteiger partial charge in [0.15, 0.2) is 0 Å². The van der Waals surface area contributed by atoms with Crippen LogP contribution in [0.4, 0.5) is 4.39 Å². The Kier molecular flexibility index (Phi) is 7.94. The van der Waals surface area contributed by atoms with Crippen molar-refractivity contribution in [2.45, 2.75) is 45.1 Å². The van der Waals surface area contributed by atoms with Crippen LogP contribution < -0.4 is 5.32 Å². The zero-order valence-corrected chi connectivity index (χ0v) is 18.2. The summed E-state index contributed by atoms with van der Waals surface area (Å²) >= 11 is 0. The van der Waals surface area contributed by atoms with E-state index in [1.807, 2.05) is 26.0 Å². The van der Waals surface area contributed by atoms with Crippen LogP contribution >= 0.6 is 0 Å². The first-order valence-electron chi connectivity index (χ1n) is 10.7. The number of carbonyl (C=O) groups is 1. The van der Waals surface area contributed by atoms with Crippen LogP contribution in [0.3, 0.4) is 0 Å². The maximum atomic E-state index is 13.2. The van der Waals surface area contributed by atoms with Gasteiger partial charge in [0.05, 0.1) is 13.2 Å². The van der Waals surface area contributed by atoms with Gasteiger partial charge in [0.25, 0.3) is 0 Å². The number of piperidine rings is 1. The molecule has 0 bridgehead atoms. The average Bonchev–Trinajstić information content (AvgIpc) is 2.70. The highest BCUT2D eigenvalue weighted by atomic mass is 19.1. The second-order valence-corrected chi connectivity index (χ2v) is 8.32. The molecule has 30 heavy (non-hydrogen) atoms. The minimum atomic E-state index is -0.209. The monoisotopic (exact) mass is 413 g/mol. The van der Waals surface area contributed by atoms with Crippen molar-refractivity contribution >= 4 is 5.91 Å². The number of rotatable bonds is 8. The quantitative estimate of drug-likeness (QED) is 0.720. The number of aromatic nitrogens is 1. The molecule has 1 aliphatic rings. The molecule has 0 saturated carbocycles. The van der Waals surface area contributed by atoms with Gasteiger partial charge in [-0.3, -0.25) is 14.7 Å². The molecule has 2 aromatic rings. The summed E-state index contributed by atoms with van der Waals surface area (Å²) in [7, 11) is 1.64. The molecule has 3 rings (SSSR count). The van der Waals surface area contributed by atoms with E-state index < -0.39 is 0 Å². The van der Waals surface area contributed by atoms with Crippen molar-refractivity contribution in [1.29, 1.82) is 0 Å². The lowest BCUT2D eigenvalue weighted by molar-refractivity contribution is -0.123. The molecule has 1 aromatic heterocycles. The summed E-state index contributed by atoms with van der Waals surface area (Å²) in [6.07, 6.45) is 2.76. The molecule has 1 saturated heterocycles. The molecule has 0 aliphatic carbocycles. The number of ether oxygens (including phenoxy) is 1. The summed E-state index contributed by atoms with van der Waals surface area (Å²) in [5, 5.41) is 2.97. The number of hydrogen-bond acceptors (Lipinski definition) is 4. The van der Waals surface area contributed by atoms with E-state index in [1.54, 1.807) is 7.11 Å². The van der Waals surface area contributed by atoms with Crippen LogP contribution in [0.15, 0.2) is 36.4 Å². The highest BCUT2D eigenvalue weighted by Crippen LogP contribution is 2.28. The number of nitrogens with zero attached hydrogens (tertiary/aromatic N) is 2. The number of hydrogen-bond donors (Lipinski definition) is 1. The van der Waals surface area contributed by atoms with E-state index in [1.165, 1.54) is 17.7 Å². The van der Waals surface area contributed by atoms with E-state index in [0.29, 0.717) is 19.1 Å². The van der Waals surface area contributed by atoms with Crippen molar-refractivity contribution in [3.8, 4) is 0 Å². The van der Waals surface area contributed by atoms with Gasteiger partial charge in [-0.2, -0.15) is 0 Å². The van der Waals surface area contributed by atoms with Crippen molar-refractivity contribution in [3.63, 3.8) is 0 Å². The second-order valence-electron chi connectivity index (χ2n) is 8.32. The molecule has 0 spiro atoms. The Morgan fingerprint density at radius 2 is 1.93 bits per heavy atom. The molecule has 1 atom stereocenters.